The van der Waals surface area contributed by atoms with Gasteiger partial charge in [0.25, 0.3) is 0 Å². The predicted octanol–water partition coefficient (Wildman–Crippen LogP) is 4.38. The van der Waals surface area contributed by atoms with Gasteiger partial charge in [-0.2, -0.15) is 0 Å². The van der Waals surface area contributed by atoms with Crippen molar-refractivity contribution in [2.24, 2.45) is 0 Å². The summed E-state index contributed by atoms with van der Waals surface area (Å²) in [6, 6.07) is 5.74. The van der Waals surface area contributed by atoms with Crippen LogP contribution in [0.1, 0.15) is 32.9 Å². The summed E-state index contributed by atoms with van der Waals surface area (Å²) < 4.78 is 10.5. The Morgan fingerprint density at radius 3 is 2.60 bits per heavy atom. The van der Waals surface area contributed by atoms with Crippen molar-refractivity contribution in [3.8, 4) is 5.88 Å². The summed E-state index contributed by atoms with van der Waals surface area (Å²) in [6.45, 7) is 6.21. The fourth-order valence-electron chi connectivity index (χ4n) is 1.67. The number of aromatic nitrogens is 1. The molecule has 3 heteroatoms. The number of pyridine rings is 1. The smallest absolute Gasteiger partial charge is 0.213 e. The van der Waals surface area contributed by atoms with Crippen molar-refractivity contribution in [3.05, 3.63) is 53.5 Å². The Morgan fingerprint density at radius 2 is 2.00 bits per heavy atom. The van der Waals surface area contributed by atoms with Gasteiger partial charge in [-0.25, -0.2) is 4.98 Å². The molecular formula is C17H23NO2. The average molecular weight is 273 g/mol. The molecule has 0 bridgehead atoms. The molecule has 0 saturated carbocycles. The van der Waals surface area contributed by atoms with Gasteiger partial charge in [-0.15, -0.1) is 0 Å². The van der Waals surface area contributed by atoms with Crippen molar-refractivity contribution in [1.82, 2.24) is 4.98 Å². The van der Waals surface area contributed by atoms with Crippen LogP contribution in [0.4, 0.5) is 0 Å². The van der Waals surface area contributed by atoms with E-state index in [4.69, 9.17) is 9.47 Å². The molecule has 0 atom stereocenters. The lowest BCUT2D eigenvalue weighted by Crippen LogP contribution is -1.91. The van der Waals surface area contributed by atoms with Gasteiger partial charge in [-0.3, -0.25) is 0 Å². The molecule has 1 aromatic heterocycles. The molecule has 3 nitrogen and oxygen atoms in total. The maximum absolute atomic E-state index is 5.35. The first-order valence-electron chi connectivity index (χ1n) is 6.72. The Kier molecular flexibility index (Phi) is 6.57. The molecule has 108 valence electrons. The zero-order valence-electron chi connectivity index (χ0n) is 12.9. The van der Waals surface area contributed by atoms with E-state index in [1.54, 1.807) is 14.2 Å². The van der Waals surface area contributed by atoms with Crippen LogP contribution in [0.15, 0.2) is 47.8 Å². The van der Waals surface area contributed by atoms with E-state index in [2.05, 4.69) is 18.8 Å². The summed E-state index contributed by atoms with van der Waals surface area (Å²) in [6.07, 6.45) is 6.95. The Bertz CT molecular complexity index is 528. The third-order valence-electron chi connectivity index (χ3n) is 3.10. The second-order valence-corrected chi connectivity index (χ2v) is 4.48. The average Bonchev–Trinajstić information content (AvgIpc) is 2.50. The normalized spacial score (nSPS) is 13.3. The molecule has 0 spiro atoms. The van der Waals surface area contributed by atoms with Crippen LogP contribution in [0.25, 0.3) is 5.57 Å². The van der Waals surface area contributed by atoms with Crippen LogP contribution in [0.2, 0.25) is 0 Å². The summed E-state index contributed by atoms with van der Waals surface area (Å²) in [5.74, 6) is 1.54. The van der Waals surface area contributed by atoms with E-state index in [1.807, 2.05) is 43.4 Å². The molecule has 20 heavy (non-hydrogen) atoms. The molecule has 0 N–H and O–H groups in total. The Labute approximate surface area is 121 Å². The standard InChI is InChI=1S/C17H23NO2/c1-6-13(2)16(19-4)11-7-9-14(3)15-10-8-12-17(18-15)20-5/h7-12H,6H2,1-5H3/b11-7-,14-9+,16-13-. The molecule has 0 radical (unpaired) electrons. The second-order valence-electron chi connectivity index (χ2n) is 4.48. The highest BCUT2D eigenvalue weighted by molar-refractivity contribution is 5.62. The lowest BCUT2D eigenvalue weighted by atomic mass is 10.1. The number of allylic oxidation sites excluding steroid dienone is 5. The van der Waals surface area contributed by atoms with Gasteiger partial charge in [-0.1, -0.05) is 25.1 Å². The number of nitrogens with zero attached hydrogens (tertiary/aromatic N) is 1. The number of rotatable bonds is 6. The lowest BCUT2D eigenvalue weighted by molar-refractivity contribution is 0.301. The Morgan fingerprint density at radius 1 is 1.25 bits per heavy atom. The van der Waals surface area contributed by atoms with Crippen molar-refractivity contribution in [1.29, 1.82) is 0 Å². The van der Waals surface area contributed by atoms with Gasteiger partial charge in [0, 0.05) is 6.07 Å². The quantitative estimate of drug-likeness (QED) is 0.569. The summed E-state index contributed by atoms with van der Waals surface area (Å²) in [5.41, 5.74) is 3.21. The van der Waals surface area contributed by atoms with Crippen LogP contribution in [-0.4, -0.2) is 19.2 Å². The maximum atomic E-state index is 5.35. The molecule has 1 aromatic rings. The van der Waals surface area contributed by atoms with E-state index in [0.717, 1.165) is 23.4 Å². The molecule has 0 aromatic carbocycles. The zero-order chi connectivity index (χ0) is 15.0. The van der Waals surface area contributed by atoms with Gasteiger partial charge in [0.1, 0.15) is 5.76 Å². The van der Waals surface area contributed by atoms with E-state index in [1.165, 1.54) is 5.57 Å². The van der Waals surface area contributed by atoms with Gasteiger partial charge in [0.05, 0.1) is 19.9 Å². The SMILES string of the molecule is CC/C(C)=C(/C=C\C=C(/C)c1cccc(OC)n1)OC. The first-order valence-corrected chi connectivity index (χ1v) is 6.72. The molecule has 0 aliphatic heterocycles. The Balaban J connectivity index is 2.89. The minimum Gasteiger partial charge on any atom is -0.497 e. The number of methoxy groups -OCH3 is 2. The molecule has 0 aliphatic carbocycles. The summed E-state index contributed by atoms with van der Waals surface area (Å²) in [4.78, 5) is 4.39. The minimum atomic E-state index is 0.624. The van der Waals surface area contributed by atoms with E-state index in [-0.39, 0.29) is 0 Å². The second kappa shape index (κ2) is 8.20. The number of hydrogen-bond donors (Lipinski definition) is 0. The molecule has 0 unspecified atom stereocenters. The van der Waals surface area contributed by atoms with Crippen LogP contribution >= 0.6 is 0 Å². The molecule has 1 heterocycles. The highest BCUT2D eigenvalue weighted by Crippen LogP contribution is 2.16. The Hall–Kier alpha value is -2.03. The molecule has 0 saturated heterocycles. The summed E-state index contributed by atoms with van der Waals surface area (Å²) in [7, 11) is 3.31. The molecule has 0 aliphatic rings. The predicted molar refractivity (Wildman–Crippen MR) is 83.6 cm³/mol. The van der Waals surface area contributed by atoms with Crippen LogP contribution in [-0.2, 0) is 4.74 Å². The van der Waals surface area contributed by atoms with Gasteiger partial charge in [0.2, 0.25) is 5.88 Å². The van der Waals surface area contributed by atoms with E-state index < -0.39 is 0 Å². The zero-order valence-corrected chi connectivity index (χ0v) is 12.9. The summed E-state index contributed by atoms with van der Waals surface area (Å²) >= 11 is 0. The van der Waals surface area contributed by atoms with E-state index >= 15 is 0 Å². The monoisotopic (exact) mass is 273 g/mol. The fraction of sp³-hybridized carbons (Fsp3) is 0.353. The number of ether oxygens (including phenoxy) is 2. The van der Waals surface area contributed by atoms with Gasteiger partial charge in [-0.05, 0) is 43.6 Å². The van der Waals surface area contributed by atoms with Crippen LogP contribution in [0, 0.1) is 0 Å². The van der Waals surface area contributed by atoms with E-state index in [9.17, 15) is 0 Å². The fourth-order valence-corrected chi connectivity index (χ4v) is 1.67. The number of hydrogen-bond acceptors (Lipinski definition) is 3. The first kappa shape index (κ1) is 16.0. The van der Waals surface area contributed by atoms with Crippen LogP contribution in [0.3, 0.4) is 0 Å². The van der Waals surface area contributed by atoms with Crippen molar-refractivity contribution < 1.29 is 9.47 Å². The van der Waals surface area contributed by atoms with Crippen molar-refractivity contribution in [3.63, 3.8) is 0 Å². The minimum absolute atomic E-state index is 0.624. The maximum Gasteiger partial charge on any atom is 0.213 e. The first-order chi connectivity index (χ1) is 9.62. The lowest BCUT2D eigenvalue weighted by Gasteiger charge is -2.05. The third-order valence-corrected chi connectivity index (χ3v) is 3.10. The molecule has 0 fully saturated rings. The third kappa shape index (κ3) is 4.57. The molecule has 0 amide bonds. The summed E-state index contributed by atoms with van der Waals surface area (Å²) in [5, 5.41) is 0. The van der Waals surface area contributed by atoms with Gasteiger partial charge < -0.3 is 9.47 Å². The van der Waals surface area contributed by atoms with Crippen molar-refractivity contribution in [2.45, 2.75) is 27.2 Å². The topological polar surface area (TPSA) is 31.4 Å². The molecule has 1 rings (SSSR count). The van der Waals surface area contributed by atoms with Crippen LogP contribution in [0.5, 0.6) is 5.88 Å². The van der Waals surface area contributed by atoms with Gasteiger partial charge >= 0.3 is 0 Å². The highest BCUT2D eigenvalue weighted by atomic mass is 16.5. The van der Waals surface area contributed by atoms with Crippen molar-refractivity contribution in [2.75, 3.05) is 14.2 Å². The molecular weight excluding hydrogens is 250 g/mol. The van der Waals surface area contributed by atoms with Gasteiger partial charge in [0.15, 0.2) is 0 Å². The van der Waals surface area contributed by atoms with Crippen LogP contribution < -0.4 is 4.74 Å². The highest BCUT2D eigenvalue weighted by Gasteiger charge is 1.99. The largest absolute Gasteiger partial charge is 0.497 e. The van der Waals surface area contributed by atoms with E-state index in [0.29, 0.717) is 5.88 Å². The van der Waals surface area contributed by atoms with Crippen molar-refractivity contribution >= 4 is 5.57 Å².